The molecule has 1 rings (SSSR count). The SMILES string of the molecule is CCNCCn1cncc1CC(C)C. The summed E-state index contributed by atoms with van der Waals surface area (Å²) in [6.07, 6.45) is 5.02. The molecule has 3 nitrogen and oxygen atoms in total. The van der Waals surface area contributed by atoms with Crippen LogP contribution < -0.4 is 5.32 Å². The van der Waals surface area contributed by atoms with Gasteiger partial charge in [-0.2, -0.15) is 0 Å². The van der Waals surface area contributed by atoms with E-state index in [2.05, 4.69) is 35.6 Å². The zero-order valence-corrected chi connectivity index (χ0v) is 9.45. The van der Waals surface area contributed by atoms with Crippen molar-refractivity contribution in [1.82, 2.24) is 14.9 Å². The summed E-state index contributed by atoms with van der Waals surface area (Å²) in [4.78, 5) is 4.19. The standard InChI is InChI=1S/C11H21N3/c1-4-12-5-6-14-9-13-8-11(14)7-10(2)3/h8-10,12H,4-7H2,1-3H3. The van der Waals surface area contributed by atoms with Crippen molar-refractivity contribution < 1.29 is 0 Å². The van der Waals surface area contributed by atoms with E-state index in [0.29, 0.717) is 5.92 Å². The van der Waals surface area contributed by atoms with E-state index in [9.17, 15) is 0 Å². The number of aromatic nitrogens is 2. The second-order valence-electron chi connectivity index (χ2n) is 4.03. The van der Waals surface area contributed by atoms with Gasteiger partial charge in [0, 0.05) is 25.0 Å². The average Bonchev–Trinajstić information content (AvgIpc) is 2.52. The van der Waals surface area contributed by atoms with E-state index in [-0.39, 0.29) is 0 Å². The van der Waals surface area contributed by atoms with Gasteiger partial charge in [-0.3, -0.25) is 0 Å². The third kappa shape index (κ3) is 3.50. The Hall–Kier alpha value is -0.830. The van der Waals surface area contributed by atoms with Gasteiger partial charge in [0.15, 0.2) is 0 Å². The highest BCUT2D eigenvalue weighted by molar-refractivity contribution is 4.99. The number of hydrogen-bond donors (Lipinski definition) is 1. The molecule has 0 radical (unpaired) electrons. The molecule has 3 heteroatoms. The molecule has 1 N–H and O–H groups in total. The summed E-state index contributed by atoms with van der Waals surface area (Å²) in [6.45, 7) is 9.69. The highest BCUT2D eigenvalue weighted by Crippen LogP contribution is 2.06. The molecule has 0 saturated heterocycles. The second-order valence-corrected chi connectivity index (χ2v) is 4.03. The van der Waals surface area contributed by atoms with Gasteiger partial charge in [0.05, 0.1) is 6.33 Å². The molecular formula is C11H21N3. The lowest BCUT2D eigenvalue weighted by Gasteiger charge is -2.09. The van der Waals surface area contributed by atoms with Gasteiger partial charge in [-0.05, 0) is 18.9 Å². The highest BCUT2D eigenvalue weighted by atomic mass is 15.1. The predicted octanol–water partition coefficient (Wildman–Crippen LogP) is 1.69. The third-order valence-electron chi connectivity index (χ3n) is 2.20. The van der Waals surface area contributed by atoms with E-state index < -0.39 is 0 Å². The first-order valence-corrected chi connectivity index (χ1v) is 5.43. The first kappa shape index (κ1) is 11.2. The summed E-state index contributed by atoms with van der Waals surface area (Å²) in [5.74, 6) is 0.699. The zero-order chi connectivity index (χ0) is 10.4. The number of imidazole rings is 1. The average molecular weight is 195 g/mol. The number of nitrogens with zero attached hydrogens (tertiary/aromatic N) is 2. The number of rotatable bonds is 6. The Kier molecular flexibility index (Phi) is 4.66. The van der Waals surface area contributed by atoms with E-state index in [4.69, 9.17) is 0 Å². The minimum atomic E-state index is 0.699. The molecule has 80 valence electrons. The number of likely N-dealkylation sites (N-methyl/N-ethyl adjacent to an activating group) is 1. The predicted molar refractivity (Wildman–Crippen MR) is 59.3 cm³/mol. The molecule has 0 spiro atoms. The van der Waals surface area contributed by atoms with Crippen molar-refractivity contribution in [3.8, 4) is 0 Å². The fourth-order valence-electron chi connectivity index (χ4n) is 1.51. The van der Waals surface area contributed by atoms with Gasteiger partial charge >= 0.3 is 0 Å². The number of hydrogen-bond acceptors (Lipinski definition) is 2. The third-order valence-corrected chi connectivity index (χ3v) is 2.20. The van der Waals surface area contributed by atoms with Gasteiger partial charge in [-0.25, -0.2) is 4.98 Å². The number of nitrogens with one attached hydrogen (secondary N) is 1. The van der Waals surface area contributed by atoms with E-state index in [0.717, 1.165) is 26.1 Å². The van der Waals surface area contributed by atoms with Crippen LogP contribution in [-0.2, 0) is 13.0 Å². The fourth-order valence-corrected chi connectivity index (χ4v) is 1.51. The first-order chi connectivity index (χ1) is 6.74. The largest absolute Gasteiger partial charge is 0.333 e. The summed E-state index contributed by atoms with van der Waals surface area (Å²) in [6, 6.07) is 0. The van der Waals surface area contributed by atoms with Crippen LogP contribution in [0.5, 0.6) is 0 Å². The monoisotopic (exact) mass is 195 g/mol. The summed E-state index contributed by atoms with van der Waals surface area (Å²) in [7, 11) is 0. The van der Waals surface area contributed by atoms with E-state index in [1.54, 1.807) is 0 Å². The Labute approximate surface area is 86.5 Å². The van der Waals surface area contributed by atoms with Crippen LogP contribution in [0.4, 0.5) is 0 Å². The lowest BCUT2D eigenvalue weighted by atomic mass is 10.1. The Morgan fingerprint density at radius 2 is 2.29 bits per heavy atom. The normalized spacial score (nSPS) is 11.1. The van der Waals surface area contributed by atoms with Gasteiger partial charge in [-0.1, -0.05) is 20.8 Å². The van der Waals surface area contributed by atoms with Crippen molar-refractivity contribution >= 4 is 0 Å². The minimum Gasteiger partial charge on any atom is -0.333 e. The van der Waals surface area contributed by atoms with Gasteiger partial charge < -0.3 is 9.88 Å². The first-order valence-electron chi connectivity index (χ1n) is 5.43. The van der Waals surface area contributed by atoms with E-state index >= 15 is 0 Å². The van der Waals surface area contributed by atoms with Gasteiger partial charge in [0.2, 0.25) is 0 Å². The Morgan fingerprint density at radius 1 is 1.50 bits per heavy atom. The molecule has 0 aliphatic carbocycles. The lowest BCUT2D eigenvalue weighted by Crippen LogP contribution is -2.20. The van der Waals surface area contributed by atoms with E-state index in [1.165, 1.54) is 5.69 Å². The van der Waals surface area contributed by atoms with Crippen molar-refractivity contribution in [3.63, 3.8) is 0 Å². The lowest BCUT2D eigenvalue weighted by molar-refractivity contribution is 0.561. The highest BCUT2D eigenvalue weighted by Gasteiger charge is 2.03. The molecule has 0 amide bonds. The second kappa shape index (κ2) is 5.81. The topological polar surface area (TPSA) is 29.9 Å². The van der Waals surface area contributed by atoms with Crippen molar-refractivity contribution in [2.45, 2.75) is 33.7 Å². The summed E-state index contributed by atoms with van der Waals surface area (Å²) in [5.41, 5.74) is 1.35. The maximum absolute atomic E-state index is 4.19. The molecule has 0 atom stereocenters. The van der Waals surface area contributed by atoms with Gasteiger partial charge in [-0.15, -0.1) is 0 Å². The van der Waals surface area contributed by atoms with Crippen molar-refractivity contribution in [3.05, 3.63) is 18.2 Å². The molecule has 0 fully saturated rings. The molecule has 14 heavy (non-hydrogen) atoms. The molecule has 0 bridgehead atoms. The molecule has 1 aromatic heterocycles. The zero-order valence-electron chi connectivity index (χ0n) is 9.45. The molecule has 0 unspecified atom stereocenters. The van der Waals surface area contributed by atoms with Gasteiger partial charge in [0.1, 0.15) is 0 Å². The minimum absolute atomic E-state index is 0.699. The molecule has 0 aromatic carbocycles. The van der Waals surface area contributed by atoms with Crippen LogP contribution in [0.1, 0.15) is 26.5 Å². The van der Waals surface area contributed by atoms with Crippen LogP contribution in [-0.4, -0.2) is 22.6 Å². The molecular weight excluding hydrogens is 174 g/mol. The Morgan fingerprint density at radius 3 is 2.93 bits per heavy atom. The van der Waals surface area contributed by atoms with Crippen molar-refractivity contribution in [2.24, 2.45) is 5.92 Å². The molecule has 0 saturated carbocycles. The summed E-state index contributed by atoms with van der Waals surface area (Å²) in [5, 5.41) is 3.32. The van der Waals surface area contributed by atoms with Crippen LogP contribution >= 0.6 is 0 Å². The maximum Gasteiger partial charge on any atom is 0.0948 e. The van der Waals surface area contributed by atoms with Gasteiger partial charge in [0.25, 0.3) is 0 Å². The Bertz CT molecular complexity index is 253. The molecule has 0 aliphatic heterocycles. The summed E-state index contributed by atoms with van der Waals surface area (Å²) < 4.78 is 2.24. The summed E-state index contributed by atoms with van der Waals surface area (Å²) >= 11 is 0. The van der Waals surface area contributed by atoms with Crippen LogP contribution in [0, 0.1) is 5.92 Å². The van der Waals surface area contributed by atoms with Crippen LogP contribution in [0.15, 0.2) is 12.5 Å². The van der Waals surface area contributed by atoms with Crippen LogP contribution in [0.2, 0.25) is 0 Å². The smallest absolute Gasteiger partial charge is 0.0948 e. The maximum atomic E-state index is 4.19. The van der Waals surface area contributed by atoms with Crippen molar-refractivity contribution in [1.29, 1.82) is 0 Å². The molecule has 1 aromatic rings. The quantitative estimate of drug-likeness (QED) is 0.700. The fraction of sp³-hybridized carbons (Fsp3) is 0.727. The Balaban J connectivity index is 2.45. The van der Waals surface area contributed by atoms with Crippen molar-refractivity contribution in [2.75, 3.05) is 13.1 Å². The molecule has 0 aliphatic rings. The van der Waals surface area contributed by atoms with Crippen LogP contribution in [0.3, 0.4) is 0 Å². The van der Waals surface area contributed by atoms with E-state index in [1.807, 2.05) is 12.5 Å². The molecule has 1 heterocycles. The van der Waals surface area contributed by atoms with Crippen LogP contribution in [0.25, 0.3) is 0 Å².